The fourth-order valence-corrected chi connectivity index (χ4v) is 4.87. The summed E-state index contributed by atoms with van der Waals surface area (Å²) >= 11 is 0. The van der Waals surface area contributed by atoms with E-state index in [0.717, 1.165) is 5.56 Å². The van der Waals surface area contributed by atoms with Gasteiger partial charge in [-0.15, -0.1) is 0 Å². The molecule has 1 heterocycles. The number of carboxylic acid groups (broad SMARTS) is 1. The van der Waals surface area contributed by atoms with Gasteiger partial charge in [-0.2, -0.15) is 5.26 Å². The summed E-state index contributed by atoms with van der Waals surface area (Å²) < 4.78 is 16.9. The van der Waals surface area contributed by atoms with Crippen molar-refractivity contribution in [1.29, 1.82) is 5.26 Å². The third-order valence-corrected chi connectivity index (χ3v) is 7.16. The number of amides is 3. The number of nitrogens with zero attached hydrogens (tertiary/aromatic N) is 3. The van der Waals surface area contributed by atoms with Gasteiger partial charge in [0.05, 0.1) is 23.0 Å². The van der Waals surface area contributed by atoms with Gasteiger partial charge in [0.15, 0.2) is 0 Å². The smallest absolute Gasteiger partial charge is 0.415 e. The van der Waals surface area contributed by atoms with E-state index in [1.54, 1.807) is 57.2 Å². The first-order valence-electron chi connectivity index (χ1n) is 15.4. The van der Waals surface area contributed by atoms with Crippen LogP contribution in [-0.2, 0) is 25.7 Å². The highest BCUT2D eigenvalue weighted by Crippen LogP contribution is 2.26. The van der Waals surface area contributed by atoms with Gasteiger partial charge in [0, 0.05) is 31.6 Å². The maximum absolute atomic E-state index is 13.4. The third-order valence-electron chi connectivity index (χ3n) is 7.16. The quantitative estimate of drug-likeness (QED) is 0.220. The molecule has 0 bridgehead atoms. The monoisotopic (exact) mass is 657 g/mol. The normalized spacial score (nSPS) is 13.1. The van der Waals surface area contributed by atoms with E-state index < -0.39 is 36.2 Å². The number of rotatable bonds is 11. The molecule has 0 aliphatic carbocycles. The molecule has 3 aromatic carbocycles. The van der Waals surface area contributed by atoms with Crippen molar-refractivity contribution in [2.75, 3.05) is 41.7 Å². The average Bonchev–Trinajstić information content (AvgIpc) is 3.06. The summed E-state index contributed by atoms with van der Waals surface area (Å²) in [5, 5.41) is 24.3. The summed E-state index contributed by atoms with van der Waals surface area (Å²) in [6, 6.07) is 22.3. The molecule has 3 N–H and O–H groups in total. The molecule has 0 spiro atoms. The Labute approximate surface area is 279 Å². The number of anilines is 3. The lowest BCUT2D eigenvalue weighted by Crippen LogP contribution is -2.41. The van der Waals surface area contributed by atoms with Gasteiger partial charge < -0.3 is 34.9 Å². The Kier molecular flexibility index (Phi) is 11.8. The number of likely N-dealkylation sites (tertiary alicyclic amines) is 1. The van der Waals surface area contributed by atoms with Crippen LogP contribution >= 0.6 is 0 Å². The maximum Gasteiger partial charge on any atom is 0.415 e. The van der Waals surface area contributed by atoms with Crippen LogP contribution < -0.4 is 20.3 Å². The Bertz CT molecular complexity index is 1630. The highest BCUT2D eigenvalue weighted by atomic mass is 16.6. The predicted molar refractivity (Wildman–Crippen MR) is 178 cm³/mol. The molecule has 0 radical (unpaired) electrons. The molecular formula is C35H39N5O8. The van der Waals surface area contributed by atoms with Crippen LogP contribution in [0.1, 0.15) is 44.7 Å². The molecule has 1 aliphatic heterocycles. The van der Waals surface area contributed by atoms with Crippen molar-refractivity contribution >= 4 is 41.1 Å². The number of hydrogen-bond donors (Lipinski definition) is 3. The van der Waals surface area contributed by atoms with Crippen molar-refractivity contribution in [2.24, 2.45) is 0 Å². The van der Waals surface area contributed by atoms with Gasteiger partial charge in [-0.3, -0.25) is 14.5 Å². The summed E-state index contributed by atoms with van der Waals surface area (Å²) in [5.74, 6) is -0.564. The lowest BCUT2D eigenvalue weighted by Gasteiger charge is -2.30. The minimum atomic E-state index is -0.952. The van der Waals surface area contributed by atoms with Crippen LogP contribution in [0.4, 0.5) is 26.7 Å². The fraction of sp³-hybridized carbons (Fsp3) is 0.343. The second kappa shape index (κ2) is 16.2. The van der Waals surface area contributed by atoms with E-state index in [1.807, 2.05) is 36.4 Å². The van der Waals surface area contributed by atoms with E-state index in [4.69, 9.17) is 14.2 Å². The molecule has 1 aliphatic rings. The second-order valence-electron chi connectivity index (χ2n) is 12.1. The molecule has 48 heavy (non-hydrogen) atoms. The Hall–Kier alpha value is -5.77. The Balaban J connectivity index is 1.48. The Morgan fingerprint density at radius 1 is 0.979 bits per heavy atom. The molecule has 1 fully saturated rings. The van der Waals surface area contributed by atoms with E-state index in [2.05, 4.69) is 10.6 Å². The molecule has 3 aromatic rings. The highest BCUT2D eigenvalue weighted by Gasteiger charge is 2.25. The molecule has 4 rings (SSSR count). The maximum atomic E-state index is 13.4. The third kappa shape index (κ3) is 10.7. The molecule has 252 valence electrons. The molecule has 13 heteroatoms. The van der Waals surface area contributed by atoms with E-state index >= 15 is 0 Å². The number of hydrogen-bond acceptors (Lipinski definition) is 9. The fourth-order valence-electron chi connectivity index (χ4n) is 4.87. The lowest BCUT2D eigenvalue weighted by atomic mass is 10.1. The molecular weight excluding hydrogens is 618 g/mol. The lowest BCUT2D eigenvalue weighted by molar-refractivity contribution is -0.152. The molecule has 0 aromatic heterocycles. The van der Waals surface area contributed by atoms with Crippen molar-refractivity contribution in [3.05, 3.63) is 83.9 Å². The summed E-state index contributed by atoms with van der Waals surface area (Å²) in [6.45, 7) is 5.37. The highest BCUT2D eigenvalue weighted by molar-refractivity contribution is 6.02. The van der Waals surface area contributed by atoms with Gasteiger partial charge in [-0.25, -0.2) is 9.59 Å². The largest absolute Gasteiger partial charge is 0.490 e. The van der Waals surface area contributed by atoms with Crippen LogP contribution in [0.2, 0.25) is 0 Å². The van der Waals surface area contributed by atoms with E-state index in [1.165, 1.54) is 15.9 Å². The number of ether oxygens (including phenoxy) is 3. The summed E-state index contributed by atoms with van der Waals surface area (Å²) in [5.41, 5.74) is 1.34. The number of piperidine rings is 1. The minimum absolute atomic E-state index is 0.0169. The number of carbonyl (C=O) groups excluding carboxylic acids is 3. The van der Waals surface area contributed by atoms with Crippen LogP contribution in [0.3, 0.4) is 0 Å². The van der Waals surface area contributed by atoms with E-state index in [0.29, 0.717) is 43.1 Å². The zero-order chi connectivity index (χ0) is 34.7. The van der Waals surface area contributed by atoms with Gasteiger partial charge >= 0.3 is 18.2 Å². The van der Waals surface area contributed by atoms with Gasteiger partial charge in [0.25, 0.3) is 0 Å². The van der Waals surface area contributed by atoms with Crippen molar-refractivity contribution in [3.8, 4) is 11.8 Å². The minimum Gasteiger partial charge on any atom is -0.490 e. The molecule has 0 saturated carbocycles. The van der Waals surface area contributed by atoms with Crippen molar-refractivity contribution in [2.45, 2.75) is 51.9 Å². The summed E-state index contributed by atoms with van der Waals surface area (Å²) in [6.07, 6.45) is -0.780. The summed E-state index contributed by atoms with van der Waals surface area (Å²) in [4.78, 5) is 52.8. The molecule has 0 atom stereocenters. The second-order valence-corrected chi connectivity index (χ2v) is 12.1. The molecule has 0 unspecified atom stereocenters. The number of nitrogens with one attached hydrogen (secondary N) is 2. The van der Waals surface area contributed by atoms with Crippen LogP contribution in [-0.4, -0.2) is 72.0 Å². The number of benzene rings is 3. The Morgan fingerprint density at radius 3 is 2.29 bits per heavy atom. The van der Waals surface area contributed by atoms with E-state index in [-0.39, 0.29) is 30.5 Å². The first-order chi connectivity index (χ1) is 22.9. The van der Waals surface area contributed by atoms with Crippen LogP contribution in [0.15, 0.2) is 72.8 Å². The van der Waals surface area contributed by atoms with E-state index in [9.17, 15) is 29.5 Å². The molecule has 13 nitrogen and oxygen atoms in total. The SMILES string of the molecule is CC(C)(C)OC(=O)CNc1ccc(C#N)cc1NC(=O)CN(C(=O)OCc1ccccc1)c1ccc(OC2CCN(C(=O)O)CC2)cc1. The van der Waals surface area contributed by atoms with Crippen LogP contribution in [0.5, 0.6) is 5.75 Å². The first-order valence-corrected chi connectivity index (χ1v) is 15.4. The zero-order valence-electron chi connectivity index (χ0n) is 27.1. The average molecular weight is 658 g/mol. The van der Waals surface area contributed by atoms with Crippen molar-refractivity contribution in [1.82, 2.24) is 4.90 Å². The van der Waals surface area contributed by atoms with Crippen LogP contribution in [0.25, 0.3) is 0 Å². The Morgan fingerprint density at radius 2 is 1.67 bits per heavy atom. The molecule has 3 amide bonds. The van der Waals surface area contributed by atoms with Gasteiger partial charge in [0.1, 0.15) is 37.2 Å². The zero-order valence-corrected chi connectivity index (χ0v) is 27.1. The van der Waals surface area contributed by atoms with Crippen molar-refractivity contribution in [3.63, 3.8) is 0 Å². The van der Waals surface area contributed by atoms with Gasteiger partial charge in [-0.1, -0.05) is 30.3 Å². The topological polar surface area (TPSA) is 171 Å². The number of carbonyl (C=O) groups is 4. The predicted octanol–water partition coefficient (Wildman–Crippen LogP) is 5.61. The summed E-state index contributed by atoms with van der Waals surface area (Å²) in [7, 11) is 0. The van der Waals surface area contributed by atoms with Crippen molar-refractivity contribution < 1.29 is 38.5 Å². The van der Waals surface area contributed by atoms with Gasteiger partial charge in [-0.05, 0) is 68.8 Å². The molecule has 1 saturated heterocycles. The standard InChI is InChI=1S/C35H39N5O8/c1-35(2,3)48-32(42)21-37-29-14-9-25(20-36)19-30(29)38-31(41)22-40(34(45)46-23-24-7-5-4-6-8-24)26-10-12-27(13-11-26)47-28-15-17-39(18-16-28)33(43)44/h4-14,19,28,37H,15-18,21-23H2,1-3H3,(H,38,41)(H,43,44). The number of nitriles is 1. The van der Waals surface area contributed by atoms with Crippen LogP contribution in [0, 0.1) is 11.3 Å². The number of esters is 1. The van der Waals surface area contributed by atoms with Gasteiger partial charge in [0.2, 0.25) is 5.91 Å². The first kappa shape index (κ1) is 35.1.